The van der Waals surface area contributed by atoms with Gasteiger partial charge in [-0.05, 0) is 24.3 Å². The van der Waals surface area contributed by atoms with Crippen molar-refractivity contribution in [3.8, 4) is 0 Å². The van der Waals surface area contributed by atoms with Crippen LogP contribution in [0.5, 0.6) is 0 Å². The SMILES string of the molecule is O=c1c2ccsc2ncn1CCOCC1CCCO1. The quantitative estimate of drug-likeness (QED) is 0.782. The molecule has 0 amide bonds. The van der Waals surface area contributed by atoms with Gasteiger partial charge in [-0.3, -0.25) is 9.36 Å². The van der Waals surface area contributed by atoms with Crippen LogP contribution in [0, 0.1) is 0 Å². The summed E-state index contributed by atoms with van der Waals surface area (Å²) >= 11 is 1.48. The number of nitrogens with zero attached hydrogens (tertiary/aromatic N) is 2. The highest BCUT2D eigenvalue weighted by Gasteiger charge is 2.15. The Morgan fingerprint density at radius 1 is 1.58 bits per heavy atom. The Bertz CT molecular complexity index is 601. The molecule has 5 nitrogen and oxygen atoms in total. The first-order chi connectivity index (χ1) is 9.34. The second-order valence-corrected chi connectivity index (χ2v) is 5.49. The minimum atomic E-state index is 0.00645. The lowest BCUT2D eigenvalue weighted by Gasteiger charge is -2.10. The maximum Gasteiger partial charge on any atom is 0.262 e. The average Bonchev–Trinajstić information content (AvgIpc) is 3.08. The molecular formula is C13H16N2O3S. The van der Waals surface area contributed by atoms with Gasteiger partial charge < -0.3 is 9.47 Å². The number of rotatable bonds is 5. The number of thiophene rings is 1. The van der Waals surface area contributed by atoms with E-state index in [0.29, 0.717) is 25.1 Å². The summed E-state index contributed by atoms with van der Waals surface area (Å²) in [5.41, 5.74) is 0.00645. The van der Waals surface area contributed by atoms with Gasteiger partial charge >= 0.3 is 0 Å². The lowest BCUT2D eigenvalue weighted by atomic mass is 10.2. The van der Waals surface area contributed by atoms with E-state index < -0.39 is 0 Å². The number of hydrogen-bond acceptors (Lipinski definition) is 5. The Morgan fingerprint density at radius 2 is 2.53 bits per heavy atom. The molecule has 2 aromatic heterocycles. The van der Waals surface area contributed by atoms with Crippen LogP contribution in [-0.4, -0.2) is 35.5 Å². The van der Waals surface area contributed by atoms with Crippen molar-refractivity contribution in [1.29, 1.82) is 0 Å². The van der Waals surface area contributed by atoms with Gasteiger partial charge in [0.25, 0.3) is 5.56 Å². The Kier molecular flexibility index (Phi) is 3.91. The van der Waals surface area contributed by atoms with E-state index in [1.54, 1.807) is 10.9 Å². The van der Waals surface area contributed by atoms with E-state index in [1.165, 1.54) is 11.3 Å². The first-order valence-corrected chi connectivity index (χ1v) is 7.34. The molecule has 0 radical (unpaired) electrons. The molecule has 3 heterocycles. The first-order valence-electron chi connectivity index (χ1n) is 6.46. The van der Waals surface area contributed by atoms with Crippen LogP contribution in [0.25, 0.3) is 10.2 Å². The molecule has 3 rings (SSSR count). The van der Waals surface area contributed by atoms with Crippen molar-refractivity contribution in [1.82, 2.24) is 9.55 Å². The van der Waals surface area contributed by atoms with Gasteiger partial charge in [-0.1, -0.05) is 0 Å². The van der Waals surface area contributed by atoms with Crippen LogP contribution in [0.4, 0.5) is 0 Å². The molecule has 1 atom stereocenters. The van der Waals surface area contributed by atoms with Gasteiger partial charge in [-0.15, -0.1) is 11.3 Å². The molecule has 1 fully saturated rings. The topological polar surface area (TPSA) is 53.4 Å². The Balaban J connectivity index is 1.56. The molecule has 0 aromatic carbocycles. The summed E-state index contributed by atoms with van der Waals surface area (Å²) in [5.74, 6) is 0. The van der Waals surface area contributed by atoms with Crippen molar-refractivity contribution in [3.63, 3.8) is 0 Å². The third kappa shape index (κ3) is 2.86. The second-order valence-electron chi connectivity index (χ2n) is 4.59. The number of hydrogen-bond donors (Lipinski definition) is 0. The van der Waals surface area contributed by atoms with Crippen molar-refractivity contribution in [2.75, 3.05) is 19.8 Å². The van der Waals surface area contributed by atoms with Gasteiger partial charge in [-0.25, -0.2) is 4.98 Å². The van der Waals surface area contributed by atoms with Gasteiger partial charge in [0.15, 0.2) is 0 Å². The normalized spacial score (nSPS) is 19.3. The van der Waals surface area contributed by atoms with Crippen molar-refractivity contribution in [2.45, 2.75) is 25.5 Å². The molecule has 102 valence electrons. The highest BCUT2D eigenvalue weighted by atomic mass is 32.1. The molecule has 0 N–H and O–H groups in total. The van der Waals surface area contributed by atoms with Crippen LogP contribution < -0.4 is 5.56 Å². The lowest BCUT2D eigenvalue weighted by Crippen LogP contribution is -2.23. The molecule has 0 aliphatic carbocycles. The minimum Gasteiger partial charge on any atom is -0.377 e. The zero-order valence-corrected chi connectivity index (χ0v) is 11.4. The van der Waals surface area contributed by atoms with Crippen molar-refractivity contribution < 1.29 is 9.47 Å². The molecule has 1 unspecified atom stereocenters. The largest absolute Gasteiger partial charge is 0.377 e. The molecule has 1 saturated heterocycles. The zero-order chi connectivity index (χ0) is 13.1. The van der Waals surface area contributed by atoms with Crippen LogP contribution in [-0.2, 0) is 16.0 Å². The number of fused-ring (bicyclic) bond motifs is 1. The Morgan fingerprint density at radius 3 is 3.37 bits per heavy atom. The fourth-order valence-electron chi connectivity index (χ4n) is 2.21. The van der Waals surface area contributed by atoms with Crippen molar-refractivity contribution >= 4 is 21.6 Å². The molecule has 1 aliphatic heterocycles. The number of ether oxygens (including phenoxy) is 2. The smallest absolute Gasteiger partial charge is 0.262 e. The molecule has 2 aromatic rings. The van der Waals surface area contributed by atoms with Gasteiger partial charge in [0.1, 0.15) is 4.83 Å². The van der Waals surface area contributed by atoms with Crippen LogP contribution in [0.3, 0.4) is 0 Å². The van der Waals surface area contributed by atoms with Gasteiger partial charge in [0.05, 0.1) is 37.6 Å². The van der Waals surface area contributed by atoms with Gasteiger partial charge in [-0.2, -0.15) is 0 Å². The van der Waals surface area contributed by atoms with Crippen molar-refractivity contribution in [3.05, 3.63) is 28.1 Å². The average molecular weight is 280 g/mol. The van der Waals surface area contributed by atoms with E-state index in [1.807, 2.05) is 11.4 Å². The van der Waals surface area contributed by atoms with Gasteiger partial charge in [0, 0.05) is 6.61 Å². The summed E-state index contributed by atoms with van der Waals surface area (Å²) in [6.45, 7) is 2.50. The summed E-state index contributed by atoms with van der Waals surface area (Å²) in [4.78, 5) is 17.1. The van der Waals surface area contributed by atoms with E-state index in [2.05, 4.69) is 4.98 Å². The van der Waals surface area contributed by atoms with E-state index in [-0.39, 0.29) is 11.7 Å². The van der Waals surface area contributed by atoms with E-state index in [0.717, 1.165) is 24.3 Å². The predicted octanol–water partition coefficient (Wildman–Crippen LogP) is 1.65. The summed E-state index contributed by atoms with van der Waals surface area (Å²) in [6.07, 6.45) is 4.01. The minimum absolute atomic E-state index is 0.00645. The zero-order valence-electron chi connectivity index (χ0n) is 10.6. The molecule has 6 heteroatoms. The summed E-state index contributed by atoms with van der Waals surface area (Å²) in [7, 11) is 0. The highest BCUT2D eigenvalue weighted by Crippen LogP contribution is 2.13. The predicted molar refractivity (Wildman–Crippen MR) is 73.7 cm³/mol. The standard InChI is InChI=1S/C13H16N2O3S/c16-13-11-3-7-19-12(11)14-9-15(13)4-6-17-8-10-2-1-5-18-10/h3,7,9-10H,1-2,4-6,8H2. The molecule has 0 bridgehead atoms. The molecule has 0 spiro atoms. The summed E-state index contributed by atoms with van der Waals surface area (Å²) in [5, 5.41) is 2.57. The molecule has 1 aliphatic rings. The fraction of sp³-hybridized carbons (Fsp3) is 0.538. The Hall–Kier alpha value is -1.24. The van der Waals surface area contributed by atoms with Crippen LogP contribution >= 0.6 is 11.3 Å². The maximum absolute atomic E-state index is 12.1. The molecule has 19 heavy (non-hydrogen) atoms. The monoisotopic (exact) mass is 280 g/mol. The summed E-state index contributed by atoms with van der Waals surface area (Å²) in [6, 6.07) is 1.82. The summed E-state index contributed by atoms with van der Waals surface area (Å²) < 4.78 is 12.6. The van der Waals surface area contributed by atoms with E-state index >= 15 is 0 Å². The lowest BCUT2D eigenvalue weighted by molar-refractivity contribution is 0.0146. The molecular weight excluding hydrogens is 264 g/mol. The van der Waals surface area contributed by atoms with E-state index in [4.69, 9.17) is 9.47 Å². The third-order valence-electron chi connectivity index (χ3n) is 3.25. The second kappa shape index (κ2) is 5.81. The molecule has 0 saturated carbocycles. The first kappa shape index (κ1) is 12.8. The maximum atomic E-state index is 12.1. The van der Waals surface area contributed by atoms with Crippen LogP contribution in [0.1, 0.15) is 12.8 Å². The van der Waals surface area contributed by atoms with Gasteiger partial charge in [0.2, 0.25) is 0 Å². The highest BCUT2D eigenvalue weighted by molar-refractivity contribution is 7.16. The van der Waals surface area contributed by atoms with Crippen molar-refractivity contribution in [2.24, 2.45) is 0 Å². The van der Waals surface area contributed by atoms with Crippen LogP contribution in [0.2, 0.25) is 0 Å². The van der Waals surface area contributed by atoms with Crippen LogP contribution in [0.15, 0.2) is 22.6 Å². The number of aromatic nitrogens is 2. The third-order valence-corrected chi connectivity index (χ3v) is 4.08. The Labute approximate surface area is 114 Å². The van der Waals surface area contributed by atoms with E-state index in [9.17, 15) is 4.79 Å². The fourth-order valence-corrected chi connectivity index (χ4v) is 2.93.